The Morgan fingerprint density at radius 1 is 1.06 bits per heavy atom. The second kappa shape index (κ2) is 4.39. The molecular formula is C13H15N3. The Hall–Kier alpha value is -1.77. The molecule has 0 aromatic carbocycles. The summed E-state index contributed by atoms with van der Waals surface area (Å²) in [6.07, 6.45) is 5.43. The van der Waals surface area contributed by atoms with Crippen molar-refractivity contribution in [1.82, 2.24) is 15.0 Å². The minimum absolute atomic E-state index is 0.394. The molecule has 0 radical (unpaired) electrons. The maximum Gasteiger partial charge on any atom is 0.0904 e. The molecule has 0 spiro atoms. The van der Waals surface area contributed by atoms with Gasteiger partial charge >= 0.3 is 0 Å². The molecule has 3 heteroatoms. The van der Waals surface area contributed by atoms with E-state index < -0.39 is 0 Å². The first-order valence-corrected chi connectivity index (χ1v) is 5.42. The van der Waals surface area contributed by atoms with Crippen molar-refractivity contribution in [2.24, 2.45) is 0 Å². The number of nitrogens with zero attached hydrogens (tertiary/aromatic N) is 3. The van der Waals surface area contributed by atoms with Crippen LogP contribution in [0.5, 0.6) is 0 Å². The zero-order valence-electron chi connectivity index (χ0n) is 9.81. The van der Waals surface area contributed by atoms with Crippen molar-refractivity contribution >= 4 is 0 Å². The highest BCUT2D eigenvalue weighted by atomic mass is 14.8. The van der Waals surface area contributed by atoms with E-state index in [0.717, 1.165) is 22.6 Å². The summed E-state index contributed by atoms with van der Waals surface area (Å²) in [6, 6.07) is 4.01. The minimum Gasteiger partial charge on any atom is -0.261 e. The van der Waals surface area contributed by atoms with E-state index in [9.17, 15) is 0 Å². The van der Waals surface area contributed by atoms with Crippen molar-refractivity contribution in [2.45, 2.75) is 26.7 Å². The lowest BCUT2D eigenvalue weighted by Crippen LogP contribution is -1.96. The van der Waals surface area contributed by atoms with Gasteiger partial charge in [0.25, 0.3) is 0 Å². The van der Waals surface area contributed by atoms with Crippen molar-refractivity contribution in [1.29, 1.82) is 0 Å². The molecule has 0 N–H and O–H groups in total. The number of pyridine rings is 1. The van der Waals surface area contributed by atoms with Gasteiger partial charge in [-0.15, -0.1) is 0 Å². The molecule has 0 aliphatic heterocycles. The number of rotatable bonds is 2. The molecule has 0 fully saturated rings. The molecule has 2 heterocycles. The molecule has 3 nitrogen and oxygen atoms in total. The Bertz CT molecular complexity index is 475. The Labute approximate surface area is 95.6 Å². The third kappa shape index (κ3) is 2.24. The van der Waals surface area contributed by atoms with Gasteiger partial charge in [-0.2, -0.15) is 0 Å². The van der Waals surface area contributed by atoms with Crippen molar-refractivity contribution in [3.8, 4) is 11.3 Å². The molecule has 2 rings (SSSR count). The Balaban J connectivity index is 2.40. The van der Waals surface area contributed by atoms with Crippen molar-refractivity contribution in [3.63, 3.8) is 0 Å². The minimum atomic E-state index is 0.394. The van der Waals surface area contributed by atoms with Gasteiger partial charge in [-0.1, -0.05) is 13.8 Å². The zero-order valence-corrected chi connectivity index (χ0v) is 9.81. The molecule has 0 unspecified atom stereocenters. The van der Waals surface area contributed by atoms with Crippen LogP contribution in [-0.2, 0) is 0 Å². The fourth-order valence-corrected chi connectivity index (χ4v) is 1.42. The lowest BCUT2D eigenvalue weighted by atomic mass is 10.1. The first-order chi connectivity index (χ1) is 7.66. The summed E-state index contributed by atoms with van der Waals surface area (Å²) in [5.41, 5.74) is 3.93. The van der Waals surface area contributed by atoms with Crippen LogP contribution in [0.4, 0.5) is 0 Å². The molecule has 0 amide bonds. The summed E-state index contributed by atoms with van der Waals surface area (Å²) >= 11 is 0. The second-order valence-electron chi connectivity index (χ2n) is 4.17. The Morgan fingerprint density at radius 3 is 2.50 bits per heavy atom. The van der Waals surface area contributed by atoms with Gasteiger partial charge in [0.05, 0.1) is 17.6 Å². The Kier molecular flexibility index (Phi) is 2.95. The standard InChI is InChI=1S/C13H15N3/c1-9(2)12-7-14-8-13(16-12)11-5-4-10(3)15-6-11/h4-9H,1-3H3. The molecule has 0 aliphatic rings. The van der Waals surface area contributed by atoms with Gasteiger partial charge in [-0.25, -0.2) is 4.98 Å². The highest BCUT2D eigenvalue weighted by molar-refractivity contribution is 5.56. The van der Waals surface area contributed by atoms with Gasteiger partial charge in [0.2, 0.25) is 0 Å². The molecule has 0 saturated heterocycles. The molecule has 0 aliphatic carbocycles. The van der Waals surface area contributed by atoms with Crippen LogP contribution in [0.25, 0.3) is 11.3 Å². The summed E-state index contributed by atoms with van der Waals surface area (Å²) < 4.78 is 0. The number of hydrogen-bond donors (Lipinski definition) is 0. The average Bonchev–Trinajstić information content (AvgIpc) is 2.30. The molecule has 16 heavy (non-hydrogen) atoms. The predicted octanol–water partition coefficient (Wildman–Crippen LogP) is 2.97. The van der Waals surface area contributed by atoms with E-state index >= 15 is 0 Å². The smallest absolute Gasteiger partial charge is 0.0904 e. The van der Waals surface area contributed by atoms with Crippen LogP contribution in [0, 0.1) is 6.92 Å². The van der Waals surface area contributed by atoms with Crippen LogP contribution in [0.1, 0.15) is 31.2 Å². The van der Waals surface area contributed by atoms with E-state index in [2.05, 4.69) is 28.8 Å². The molecule has 0 atom stereocenters. The largest absolute Gasteiger partial charge is 0.261 e. The monoisotopic (exact) mass is 213 g/mol. The lowest BCUT2D eigenvalue weighted by Gasteiger charge is -2.06. The first kappa shape index (κ1) is 10.7. The topological polar surface area (TPSA) is 38.7 Å². The molecule has 0 bridgehead atoms. The quantitative estimate of drug-likeness (QED) is 0.769. The van der Waals surface area contributed by atoms with Crippen molar-refractivity contribution in [2.75, 3.05) is 0 Å². The van der Waals surface area contributed by atoms with E-state index in [-0.39, 0.29) is 0 Å². The van der Waals surface area contributed by atoms with E-state index in [4.69, 9.17) is 0 Å². The number of hydrogen-bond acceptors (Lipinski definition) is 3. The number of aromatic nitrogens is 3. The predicted molar refractivity (Wildman–Crippen MR) is 64.1 cm³/mol. The molecule has 0 saturated carbocycles. The highest BCUT2D eigenvalue weighted by Crippen LogP contribution is 2.18. The highest BCUT2D eigenvalue weighted by Gasteiger charge is 2.04. The number of aryl methyl sites for hydroxylation is 1. The van der Waals surface area contributed by atoms with Gasteiger partial charge in [0, 0.05) is 23.7 Å². The Morgan fingerprint density at radius 2 is 1.88 bits per heavy atom. The van der Waals surface area contributed by atoms with Crippen LogP contribution in [0.3, 0.4) is 0 Å². The first-order valence-electron chi connectivity index (χ1n) is 5.42. The van der Waals surface area contributed by atoms with Crippen LogP contribution in [0.15, 0.2) is 30.7 Å². The molecule has 2 aromatic rings. The van der Waals surface area contributed by atoms with Crippen molar-refractivity contribution < 1.29 is 0 Å². The maximum atomic E-state index is 4.57. The second-order valence-corrected chi connectivity index (χ2v) is 4.17. The van der Waals surface area contributed by atoms with E-state index in [1.54, 1.807) is 6.20 Å². The maximum absolute atomic E-state index is 4.57. The third-order valence-electron chi connectivity index (χ3n) is 2.45. The lowest BCUT2D eigenvalue weighted by molar-refractivity contribution is 0.813. The summed E-state index contributed by atoms with van der Waals surface area (Å²) in [5, 5.41) is 0. The van der Waals surface area contributed by atoms with Crippen LogP contribution < -0.4 is 0 Å². The van der Waals surface area contributed by atoms with E-state index in [0.29, 0.717) is 5.92 Å². The van der Waals surface area contributed by atoms with Crippen LogP contribution >= 0.6 is 0 Å². The van der Waals surface area contributed by atoms with E-state index in [1.807, 2.05) is 31.5 Å². The fraction of sp³-hybridized carbons (Fsp3) is 0.308. The summed E-state index contributed by atoms with van der Waals surface area (Å²) in [6.45, 7) is 6.20. The van der Waals surface area contributed by atoms with Gasteiger partial charge in [0.15, 0.2) is 0 Å². The summed E-state index contributed by atoms with van der Waals surface area (Å²) in [7, 11) is 0. The summed E-state index contributed by atoms with van der Waals surface area (Å²) in [4.78, 5) is 13.0. The van der Waals surface area contributed by atoms with Gasteiger partial charge in [0.1, 0.15) is 0 Å². The zero-order chi connectivity index (χ0) is 11.5. The molecule has 82 valence electrons. The average molecular weight is 213 g/mol. The summed E-state index contributed by atoms with van der Waals surface area (Å²) in [5.74, 6) is 0.394. The van der Waals surface area contributed by atoms with Gasteiger partial charge in [-0.3, -0.25) is 9.97 Å². The van der Waals surface area contributed by atoms with Crippen LogP contribution in [-0.4, -0.2) is 15.0 Å². The van der Waals surface area contributed by atoms with E-state index in [1.165, 1.54) is 0 Å². The molecular weight excluding hydrogens is 198 g/mol. The normalized spacial score (nSPS) is 10.8. The fourth-order valence-electron chi connectivity index (χ4n) is 1.42. The van der Waals surface area contributed by atoms with Gasteiger partial charge < -0.3 is 0 Å². The van der Waals surface area contributed by atoms with Crippen molar-refractivity contribution in [3.05, 3.63) is 42.1 Å². The van der Waals surface area contributed by atoms with Crippen LogP contribution in [0.2, 0.25) is 0 Å². The molecule has 2 aromatic heterocycles. The SMILES string of the molecule is Cc1ccc(-c2cncc(C(C)C)n2)cn1. The third-order valence-corrected chi connectivity index (χ3v) is 2.45. The van der Waals surface area contributed by atoms with Gasteiger partial charge in [-0.05, 0) is 25.0 Å².